The van der Waals surface area contributed by atoms with Crippen LogP contribution in [-0.4, -0.2) is 101 Å². The van der Waals surface area contributed by atoms with Crippen molar-refractivity contribution in [3.63, 3.8) is 0 Å². The number of aliphatic hydroxyl groups excluding tert-OH is 1. The van der Waals surface area contributed by atoms with E-state index in [1.807, 2.05) is 109 Å². The lowest BCUT2D eigenvalue weighted by molar-refractivity contribution is -0.123. The molecule has 0 spiro atoms. The summed E-state index contributed by atoms with van der Waals surface area (Å²) < 4.78 is 8.39. The molecule has 3 saturated carbocycles. The van der Waals surface area contributed by atoms with Crippen LogP contribution in [0.25, 0.3) is 156 Å². The molecule has 0 radical (unpaired) electrons. The lowest BCUT2D eigenvalue weighted by Gasteiger charge is -2.26. The van der Waals surface area contributed by atoms with E-state index < -0.39 is 0 Å². The Morgan fingerprint density at radius 1 is 0.338 bits per heavy atom. The molecule has 0 atom stereocenters. The lowest BCUT2D eigenvalue weighted by atomic mass is 9.79. The Bertz CT molecular complexity index is 7420. The van der Waals surface area contributed by atoms with Gasteiger partial charge in [-0.3, -0.25) is 22.4 Å². The van der Waals surface area contributed by atoms with E-state index in [1.165, 1.54) is 0 Å². The number of hydrogen-bond donors (Lipinski definition) is 6. The van der Waals surface area contributed by atoms with Crippen LogP contribution in [0.3, 0.4) is 0 Å². The van der Waals surface area contributed by atoms with Gasteiger partial charge in [0.25, 0.3) is 0 Å². The number of fused-ring (bicyclic) bond motifs is 8. The van der Waals surface area contributed by atoms with Crippen molar-refractivity contribution in [2.75, 3.05) is 36.1 Å². The molecule has 0 saturated heterocycles. The second-order valence-electron chi connectivity index (χ2n) is 35.7. The molecule has 12 heterocycles. The third-order valence-corrected chi connectivity index (χ3v) is 27.0. The van der Waals surface area contributed by atoms with Crippen molar-refractivity contribution >= 4 is 94.7 Å². The van der Waals surface area contributed by atoms with Crippen molar-refractivity contribution in [1.29, 1.82) is 0 Å². The largest absolute Gasteiger partial charge is 0.396 e. The minimum Gasteiger partial charge on any atom is -0.396 e. The Balaban J connectivity index is 0.000000111. The van der Waals surface area contributed by atoms with E-state index in [9.17, 15) is 9.90 Å². The Labute approximate surface area is 770 Å². The van der Waals surface area contributed by atoms with Gasteiger partial charge in [0, 0.05) is 158 Å². The van der Waals surface area contributed by atoms with Gasteiger partial charge in [0.1, 0.15) is 97.2 Å². The van der Waals surface area contributed by atoms with Gasteiger partial charge in [-0.15, -0.1) is 0 Å². The van der Waals surface area contributed by atoms with Crippen LogP contribution in [0, 0.1) is 17.8 Å². The molecule has 11 N–H and O–H groups in total. The Morgan fingerprint density at radius 3 is 0.910 bits per heavy atom. The molecule has 0 bridgehead atoms. The number of rotatable bonds is 16. The second kappa shape index (κ2) is 37.6. The van der Waals surface area contributed by atoms with Gasteiger partial charge in [-0.2, -0.15) is 0 Å². The van der Waals surface area contributed by atoms with Crippen LogP contribution in [0.1, 0.15) is 151 Å². The summed E-state index contributed by atoms with van der Waals surface area (Å²) in [6.07, 6.45) is 27.7. The molecule has 20 aromatic rings. The number of nitrogens with two attached hydrogens (primary N) is 5. The standard InChI is InChI=1S/C30H29N5O.C28H28N6.C28H27N5O.C24H21N5/c1-2-26(36)21-9-11-22(12-10-21)30-34-27(28-29(31)32-16-17-35(28)30)23-13-8-20-14-15-24(33-25(20)18-23)19-6-4-3-5-7-19;29-17-18-6-8-21(9-7-18)28-33-25(26-27(30)31-14-15-34(26)28)22-11-10-20-12-13-23(32-24(20)16-22)19-4-2-1-3-5-19;29-27-26-25(32-28(33(26)15-14-30-27)21-8-6-18(17-34)7-9-21)22-11-10-20-12-13-23(31-24(20)16-22)19-4-2-1-3-5-19;1-15(2)24-28-21(22-23(25)26-12-13-29(22)24)18-9-8-17-10-11-19(27-20(17)14-18)16-6-4-3-5-7-16/h3-8,13-18,21-22H,2,9-12H2,1H3,(H2,31,32);1-5,10-16,18,21H,6-9,17,29H2,(H2,30,31);1-5,10-16,18,21,34H,6-9,17H2,(H2,29,30);3-15H,1-2H3,(H2,25,26). The predicted octanol–water partition coefficient (Wildman–Crippen LogP) is 22.6. The number of pyridine rings is 4. The highest BCUT2D eigenvalue weighted by Gasteiger charge is 2.33. The fourth-order valence-electron chi connectivity index (χ4n) is 19.8. The summed E-state index contributed by atoms with van der Waals surface area (Å²) in [7, 11) is 0. The molecule has 23 nitrogen and oxygen atoms in total. The second-order valence-corrected chi connectivity index (χ2v) is 35.7. The first-order chi connectivity index (χ1) is 65.1. The van der Waals surface area contributed by atoms with Crippen molar-refractivity contribution in [2.24, 2.45) is 23.5 Å². The first kappa shape index (κ1) is 85.8. The molecule has 0 amide bonds. The number of nitrogen functional groups attached to an aromatic ring is 4. The topological polar surface area (TPSA) is 340 Å². The van der Waals surface area contributed by atoms with Crippen molar-refractivity contribution < 1.29 is 9.90 Å². The summed E-state index contributed by atoms with van der Waals surface area (Å²) in [6.45, 7) is 7.25. The number of ketones is 1. The highest BCUT2D eigenvalue weighted by Crippen LogP contribution is 2.45. The SMILES string of the molecule is CC(C)c1nc(-c2ccc3ccc(-c4ccccc4)nc3c2)c2c(N)nccn12.CCC(=O)C1CCC(c2nc(-c3ccc4ccc(-c5ccccc5)nc4c3)c3c(N)nccn23)CC1.NCC1CCC(c2nc(-c3ccc4ccc(-c5ccccc5)nc4c3)c3c(N)nccn23)CC1.Nc1nccn2c(C3CCC(CO)CC3)nc(-c3ccc4ccc(-c5ccccc5)nc4c3)c12. The number of aromatic nitrogens is 16. The molecule has 3 aliphatic carbocycles. The van der Waals surface area contributed by atoms with Gasteiger partial charge in [-0.25, -0.2) is 59.8 Å². The van der Waals surface area contributed by atoms with Crippen molar-refractivity contribution in [3.8, 4) is 90.1 Å². The number of aliphatic hydroxyl groups is 1. The van der Waals surface area contributed by atoms with Gasteiger partial charge in [0.2, 0.25) is 0 Å². The quantitative estimate of drug-likeness (QED) is 0.0523. The van der Waals surface area contributed by atoms with Crippen molar-refractivity contribution in [2.45, 2.75) is 128 Å². The third-order valence-electron chi connectivity index (χ3n) is 27.0. The number of nitrogens with zero attached hydrogens (tertiary/aromatic N) is 16. The average molecular weight is 1750 g/mol. The normalized spacial score (nSPS) is 16.9. The summed E-state index contributed by atoms with van der Waals surface area (Å²) in [5.74, 6) is 8.88. The van der Waals surface area contributed by atoms with E-state index in [1.54, 1.807) is 24.8 Å². The molecular formula is C110H105N21O2. The van der Waals surface area contributed by atoms with E-state index in [0.29, 0.717) is 59.1 Å². The Hall–Kier alpha value is -15.3. The van der Waals surface area contributed by atoms with Crippen LogP contribution in [0.2, 0.25) is 0 Å². The third kappa shape index (κ3) is 17.4. The van der Waals surface area contributed by atoms with E-state index >= 15 is 0 Å². The summed E-state index contributed by atoms with van der Waals surface area (Å²) >= 11 is 0. The highest BCUT2D eigenvalue weighted by molar-refractivity contribution is 5.96. The lowest BCUT2D eigenvalue weighted by Crippen LogP contribution is -2.21. The first-order valence-electron chi connectivity index (χ1n) is 46.4. The van der Waals surface area contributed by atoms with Gasteiger partial charge in [-0.1, -0.05) is 215 Å². The molecule has 133 heavy (non-hydrogen) atoms. The summed E-state index contributed by atoms with van der Waals surface area (Å²) in [6, 6.07) is 82.7. The van der Waals surface area contributed by atoms with E-state index in [4.69, 9.17) is 68.5 Å². The van der Waals surface area contributed by atoms with Crippen molar-refractivity contribution in [3.05, 3.63) is 316 Å². The van der Waals surface area contributed by atoms with Crippen molar-refractivity contribution in [1.82, 2.24) is 77.4 Å². The fourth-order valence-corrected chi connectivity index (χ4v) is 19.8. The first-order valence-corrected chi connectivity index (χ1v) is 46.4. The summed E-state index contributed by atoms with van der Waals surface area (Å²) in [5.41, 5.74) is 53.9. The number of benzene rings is 8. The highest BCUT2D eigenvalue weighted by atomic mass is 16.3. The van der Waals surface area contributed by atoms with Gasteiger partial charge >= 0.3 is 0 Å². The summed E-state index contributed by atoms with van der Waals surface area (Å²) in [4.78, 5) is 69.7. The van der Waals surface area contributed by atoms with Crippen LogP contribution in [0.5, 0.6) is 0 Å². The molecule has 8 aromatic carbocycles. The molecule has 12 aromatic heterocycles. The number of Topliss-reactive ketones (excluding diaryl/α,β-unsaturated/α-hetero) is 1. The molecule has 23 rings (SSSR count). The Morgan fingerprint density at radius 2 is 0.617 bits per heavy atom. The maximum absolute atomic E-state index is 12.2. The zero-order chi connectivity index (χ0) is 90.7. The molecule has 3 fully saturated rings. The minimum atomic E-state index is 0.189. The van der Waals surface area contributed by atoms with Crippen LogP contribution in [0.4, 0.5) is 23.3 Å². The van der Waals surface area contributed by atoms with Crippen LogP contribution in [0.15, 0.2) is 292 Å². The fraction of sp³-hybridized carbons (Fsp3) is 0.227. The van der Waals surface area contributed by atoms with Gasteiger partial charge in [0.05, 0.1) is 44.8 Å². The smallest absolute Gasteiger partial charge is 0.150 e. The molecule has 662 valence electrons. The van der Waals surface area contributed by atoms with E-state index in [0.717, 1.165) is 263 Å². The Kier molecular flexibility index (Phi) is 24.3. The number of hydrogen-bond acceptors (Lipinski definition) is 19. The average Bonchev–Trinajstić information content (AvgIpc) is 1.62. The maximum atomic E-state index is 12.2. The van der Waals surface area contributed by atoms with Crippen LogP contribution < -0.4 is 28.7 Å². The van der Waals surface area contributed by atoms with E-state index in [-0.39, 0.29) is 24.4 Å². The van der Waals surface area contributed by atoms with Gasteiger partial charge in [-0.05, 0) is 144 Å². The van der Waals surface area contributed by atoms with Gasteiger partial charge in [0.15, 0.2) is 0 Å². The number of carbonyl (C=O) groups excluding carboxylic acids is 1. The number of imidazole rings is 4. The maximum Gasteiger partial charge on any atom is 0.150 e. The number of carbonyl (C=O) groups is 1. The van der Waals surface area contributed by atoms with Crippen LogP contribution in [-0.2, 0) is 4.79 Å². The zero-order valence-electron chi connectivity index (χ0n) is 74.8. The van der Waals surface area contributed by atoms with Crippen LogP contribution >= 0.6 is 0 Å². The predicted molar refractivity (Wildman–Crippen MR) is 534 cm³/mol. The van der Waals surface area contributed by atoms with Gasteiger partial charge < -0.3 is 33.8 Å². The zero-order valence-corrected chi connectivity index (χ0v) is 74.8. The molecular weight excluding hydrogens is 1650 g/mol. The number of anilines is 4. The molecule has 3 aliphatic rings. The molecule has 0 unspecified atom stereocenters. The van der Waals surface area contributed by atoms with E-state index in [2.05, 4.69) is 217 Å². The minimum absolute atomic E-state index is 0.189. The molecule has 23 heteroatoms. The monoisotopic (exact) mass is 1750 g/mol. The molecule has 0 aliphatic heterocycles. The summed E-state index contributed by atoms with van der Waals surface area (Å²) in [5, 5.41) is 13.9.